The number of rotatable bonds is 5. The van der Waals surface area contributed by atoms with Crippen LogP contribution in [0, 0.1) is 0 Å². The summed E-state index contributed by atoms with van der Waals surface area (Å²) in [6.07, 6.45) is 5.12. The molecule has 0 radical (unpaired) electrons. The number of benzene rings is 1. The number of unbranched alkanes of at least 4 members (excludes halogenated alkanes) is 1. The lowest BCUT2D eigenvalue weighted by molar-refractivity contribution is 0.0963. The third-order valence-corrected chi connectivity index (χ3v) is 3.16. The topological polar surface area (TPSA) is 70.9 Å². The molecule has 4 nitrogen and oxygen atoms in total. The highest BCUT2D eigenvalue weighted by Crippen LogP contribution is 2.21. The second-order valence-corrected chi connectivity index (χ2v) is 4.40. The molecule has 0 aliphatic carbocycles. The lowest BCUT2D eigenvalue weighted by Crippen LogP contribution is -2.17. The van der Waals surface area contributed by atoms with Crippen molar-refractivity contribution < 1.29 is 4.79 Å². The summed E-state index contributed by atoms with van der Waals surface area (Å²) in [5.74, 6) is -0.0500. The van der Waals surface area contributed by atoms with Crippen LogP contribution in [-0.4, -0.2) is 24.5 Å². The van der Waals surface area contributed by atoms with Crippen LogP contribution in [0.2, 0.25) is 0 Å². The molecule has 96 valence electrons. The minimum absolute atomic E-state index is 0.0500. The van der Waals surface area contributed by atoms with E-state index in [1.165, 1.54) is 5.56 Å². The van der Waals surface area contributed by atoms with Crippen LogP contribution in [0.25, 0.3) is 10.9 Å². The number of H-pyrrole nitrogens is 1. The van der Waals surface area contributed by atoms with Gasteiger partial charge in [-0.05, 0) is 49.6 Å². The van der Waals surface area contributed by atoms with Gasteiger partial charge in [0.1, 0.15) is 0 Å². The molecule has 0 fully saturated rings. The van der Waals surface area contributed by atoms with E-state index in [2.05, 4.69) is 10.3 Å². The molecule has 0 unspecified atom stereocenters. The lowest BCUT2D eigenvalue weighted by Gasteiger charge is -2.02. The molecule has 0 atom stereocenters. The van der Waals surface area contributed by atoms with Gasteiger partial charge in [-0.3, -0.25) is 4.79 Å². The molecule has 18 heavy (non-hydrogen) atoms. The van der Waals surface area contributed by atoms with Gasteiger partial charge in [0.2, 0.25) is 0 Å². The van der Waals surface area contributed by atoms with Gasteiger partial charge in [-0.1, -0.05) is 0 Å². The van der Waals surface area contributed by atoms with E-state index in [4.69, 9.17) is 5.73 Å². The van der Waals surface area contributed by atoms with Gasteiger partial charge in [-0.2, -0.15) is 0 Å². The first kappa shape index (κ1) is 12.6. The van der Waals surface area contributed by atoms with E-state index >= 15 is 0 Å². The first-order valence-electron chi connectivity index (χ1n) is 6.28. The van der Waals surface area contributed by atoms with Crippen LogP contribution < -0.4 is 11.1 Å². The summed E-state index contributed by atoms with van der Waals surface area (Å²) >= 11 is 0. The monoisotopic (exact) mass is 245 g/mol. The van der Waals surface area contributed by atoms with Gasteiger partial charge in [-0.25, -0.2) is 0 Å². The molecule has 2 rings (SSSR count). The maximum absolute atomic E-state index is 11.6. The standard InChI is InChI=1S/C14H19N3O/c1-16-14(18)10-5-6-13-12(8-10)11(9-17-13)4-2-3-7-15/h5-6,8-9,17H,2-4,7,15H2,1H3,(H,16,18). The Morgan fingerprint density at radius 3 is 2.94 bits per heavy atom. The van der Waals surface area contributed by atoms with E-state index in [0.717, 1.165) is 36.7 Å². The Bertz CT molecular complexity index is 545. The van der Waals surface area contributed by atoms with Crippen molar-refractivity contribution in [1.82, 2.24) is 10.3 Å². The molecule has 0 saturated heterocycles. The van der Waals surface area contributed by atoms with Crippen molar-refractivity contribution in [3.63, 3.8) is 0 Å². The van der Waals surface area contributed by atoms with Gasteiger partial charge in [0.25, 0.3) is 5.91 Å². The molecule has 0 aliphatic heterocycles. The van der Waals surface area contributed by atoms with Crippen molar-refractivity contribution in [2.45, 2.75) is 19.3 Å². The van der Waals surface area contributed by atoms with Crippen molar-refractivity contribution in [2.75, 3.05) is 13.6 Å². The summed E-state index contributed by atoms with van der Waals surface area (Å²) in [6, 6.07) is 5.73. The second kappa shape index (κ2) is 5.69. The third kappa shape index (κ3) is 2.54. The van der Waals surface area contributed by atoms with Crippen molar-refractivity contribution in [3.05, 3.63) is 35.5 Å². The number of carbonyl (C=O) groups excluding carboxylic acids is 1. The van der Waals surface area contributed by atoms with Gasteiger partial charge in [0, 0.05) is 29.7 Å². The van der Waals surface area contributed by atoms with Gasteiger partial charge in [0.05, 0.1) is 0 Å². The fraction of sp³-hybridized carbons (Fsp3) is 0.357. The third-order valence-electron chi connectivity index (χ3n) is 3.16. The van der Waals surface area contributed by atoms with Crippen LogP contribution in [0.5, 0.6) is 0 Å². The van der Waals surface area contributed by atoms with Gasteiger partial charge in [-0.15, -0.1) is 0 Å². The highest BCUT2D eigenvalue weighted by atomic mass is 16.1. The molecule has 0 bridgehead atoms. The Labute approximate surface area is 107 Å². The molecule has 1 aromatic heterocycles. The fourth-order valence-corrected chi connectivity index (χ4v) is 2.13. The molecule has 4 heteroatoms. The summed E-state index contributed by atoms with van der Waals surface area (Å²) in [5.41, 5.74) is 8.53. The molecule has 1 aromatic carbocycles. The van der Waals surface area contributed by atoms with Crippen LogP contribution in [0.15, 0.2) is 24.4 Å². The normalized spacial score (nSPS) is 10.8. The van der Waals surface area contributed by atoms with Gasteiger partial charge in [0.15, 0.2) is 0 Å². The zero-order valence-electron chi connectivity index (χ0n) is 10.6. The Kier molecular flexibility index (Phi) is 3.99. The molecule has 0 aliphatic rings. The molecular weight excluding hydrogens is 226 g/mol. The number of aryl methyl sites for hydroxylation is 1. The van der Waals surface area contributed by atoms with Crippen molar-refractivity contribution in [3.8, 4) is 0 Å². The number of aromatic amines is 1. The number of nitrogens with one attached hydrogen (secondary N) is 2. The molecule has 4 N–H and O–H groups in total. The highest BCUT2D eigenvalue weighted by Gasteiger charge is 2.08. The molecule has 0 saturated carbocycles. The van der Waals surface area contributed by atoms with E-state index in [1.807, 2.05) is 24.4 Å². The Hall–Kier alpha value is -1.81. The lowest BCUT2D eigenvalue weighted by atomic mass is 10.0. The molecule has 0 spiro atoms. The van der Waals surface area contributed by atoms with Gasteiger partial charge < -0.3 is 16.0 Å². The Morgan fingerprint density at radius 2 is 2.22 bits per heavy atom. The quantitative estimate of drug-likeness (QED) is 0.703. The first-order valence-corrected chi connectivity index (χ1v) is 6.28. The van der Waals surface area contributed by atoms with E-state index in [0.29, 0.717) is 5.56 Å². The fourth-order valence-electron chi connectivity index (χ4n) is 2.13. The molecule has 1 heterocycles. The second-order valence-electron chi connectivity index (χ2n) is 4.40. The van der Waals surface area contributed by atoms with E-state index < -0.39 is 0 Å². The summed E-state index contributed by atoms with van der Waals surface area (Å²) in [7, 11) is 1.64. The average molecular weight is 245 g/mol. The first-order chi connectivity index (χ1) is 8.76. The molecule has 2 aromatic rings. The maximum Gasteiger partial charge on any atom is 0.251 e. The molecular formula is C14H19N3O. The van der Waals surface area contributed by atoms with Crippen LogP contribution in [-0.2, 0) is 6.42 Å². The van der Waals surface area contributed by atoms with Crippen molar-refractivity contribution >= 4 is 16.8 Å². The van der Waals surface area contributed by atoms with Gasteiger partial charge >= 0.3 is 0 Å². The molecule has 1 amide bonds. The van der Waals surface area contributed by atoms with Crippen LogP contribution in [0.4, 0.5) is 0 Å². The van der Waals surface area contributed by atoms with Crippen molar-refractivity contribution in [1.29, 1.82) is 0 Å². The average Bonchev–Trinajstić information content (AvgIpc) is 2.81. The number of nitrogens with two attached hydrogens (primary N) is 1. The van der Waals surface area contributed by atoms with E-state index in [9.17, 15) is 4.79 Å². The number of aromatic nitrogens is 1. The predicted octanol–water partition coefficient (Wildman–Crippen LogP) is 1.81. The highest BCUT2D eigenvalue weighted by molar-refractivity contribution is 5.98. The zero-order valence-corrected chi connectivity index (χ0v) is 10.6. The van der Waals surface area contributed by atoms with Crippen LogP contribution >= 0.6 is 0 Å². The Morgan fingerprint density at radius 1 is 1.39 bits per heavy atom. The number of hydrogen-bond acceptors (Lipinski definition) is 2. The van der Waals surface area contributed by atoms with Crippen LogP contribution in [0.3, 0.4) is 0 Å². The smallest absolute Gasteiger partial charge is 0.251 e. The summed E-state index contributed by atoms with van der Waals surface area (Å²) in [4.78, 5) is 14.8. The number of amides is 1. The van der Waals surface area contributed by atoms with E-state index in [-0.39, 0.29) is 5.91 Å². The Balaban J connectivity index is 2.28. The number of hydrogen-bond donors (Lipinski definition) is 3. The van der Waals surface area contributed by atoms with Crippen molar-refractivity contribution in [2.24, 2.45) is 5.73 Å². The minimum Gasteiger partial charge on any atom is -0.361 e. The largest absolute Gasteiger partial charge is 0.361 e. The number of fused-ring (bicyclic) bond motifs is 1. The minimum atomic E-state index is -0.0500. The summed E-state index contributed by atoms with van der Waals surface area (Å²) in [6.45, 7) is 0.728. The van der Waals surface area contributed by atoms with E-state index in [1.54, 1.807) is 7.05 Å². The summed E-state index contributed by atoms with van der Waals surface area (Å²) < 4.78 is 0. The summed E-state index contributed by atoms with van der Waals surface area (Å²) in [5, 5.41) is 3.78. The zero-order chi connectivity index (χ0) is 13.0. The maximum atomic E-state index is 11.6. The van der Waals surface area contributed by atoms with Crippen LogP contribution in [0.1, 0.15) is 28.8 Å². The predicted molar refractivity (Wildman–Crippen MR) is 73.7 cm³/mol. The SMILES string of the molecule is CNC(=O)c1ccc2[nH]cc(CCCCN)c2c1. The number of carbonyl (C=O) groups is 1.